The monoisotopic (exact) mass is 530 g/mol. The van der Waals surface area contributed by atoms with Crippen molar-refractivity contribution in [3.63, 3.8) is 0 Å². The highest BCUT2D eigenvalue weighted by molar-refractivity contribution is 6.33. The van der Waals surface area contributed by atoms with Crippen LogP contribution in [0.4, 0.5) is 5.69 Å². The number of aliphatic carboxylic acids is 1. The van der Waals surface area contributed by atoms with Crippen LogP contribution < -0.4 is 5.32 Å². The maximum Gasteiger partial charge on any atom is 0.303 e. The van der Waals surface area contributed by atoms with Gasteiger partial charge in [0.15, 0.2) is 0 Å². The summed E-state index contributed by atoms with van der Waals surface area (Å²) in [7, 11) is 1.86. The third kappa shape index (κ3) is 8.59. The number of halogens is 1. The SMILES string of the molecule is CC(C)CC1CCC(c2onc(C(CC=O)CCC(=O)O)c2C2CC2)CC1.CNc1ccc(C)cc1Cl. The zero-order chi connectivity index (χ0) is 26.9. The Bertz CT molecular complexity index is 1020. The lowest BCUT2D eigenvalue weighted by Gasteiger charge is -2.28. The Labute approximate surface area is 226 Å². The molecular formula is C30H43ClN2O4. The Morgan fingerprint density at radius 1 is 1.19 bits per heavy atom. The van der Waals surface area contributed by atoms with Crippen molar-refractivity contribution in [2.45, 2.75) is 103 Å². The Morgan fingerprint density at radius 2 is 1.86 bits per heavy atom. The van der Waals surface area contributed by atoms with Crippen molar-refractivity contribution in [3.05, 3.63) is 45.8 Å². The number of aromatic nitrogens is 1. The minimum absolute atomic E-state index is 0.0606. The van der Waals surface area contributed by atoms with Crippen molar-refractivity contribution in [2.24, 2.45) is 11.8 Å². The Morgan fingerprint density at radius 3 is 2.41 bits per heavy atom. The smallest absolute Gasteiger partial charge is 0.303 e. The molecule has 2 aromatic rings. The minimum atomic E-state index is -0.828. The quantitative estimate of drug-likeness (QED) is 0.285. The molecule has 1 atom stereocenters. The van der Waals surface area contributed by atoms with Crippen molar-refractivity contribution in [1.82, 2.24) is 5.16 Å². The number of carbonyl (C=O) groups is 2. The molecule has 6 nitrogen and oxygen atoms in total. The Kier molecular flexibility index (Phi) is 11.0. The summed E-state index contributed by atoms with van der Waals surface area (Å²) in [4.78, 5) is 22.2. The number of carboxylic acids is 1. The molecule has 4 rings (SSSR count). The number of nitrogens with zero attached hydrogens (tertiary/aromatic N) is 1. The van der Waals surface area contributed by atoms with Crippen molar-refractivity contribution < 1.29 is 19.2 Å². The molecule has 1 heterocycles. The van der Waals surface area contributed by atoms with Crippen LogP contribution in [0.25, 0.3) is 0 Å². The van der Waals surface area contributed by atoms with E-state index < -0.39 is 5.97 Å². The van der Waals surface area contributed by atoms with Crippen LogP contribution in [0.5, 0.6) is 0 Å². The lowest BCUT2D eigenvalue weighted by molar-refractivity contribution is -0.137. The standard InChI is InChI=1S/C22H33NO4.C8H10ClN/c1-14(2)13-15-3-5-18(6-4-15)22-20(16-7-8-16)21(23-27-22)17(11-12-24)9-10-19(25)26;1-6-3-4-8(10-2)7(9)5-6/h12,14-18H,3-11,13H2,1-2H3,(H,25,26);3-5,10H,1-2H3. The lowest BCUT2D eigenvalue weighted by Crippen LogP contribution is -2.15. The van der Waals surface area contributed by atoms with Crippen molar-refractivity contribution in [1.29, 1.82) is 0 Å². The number of aryl methyl sites for hydroxylation is 1. The number of rotatable bonds is 11. The first kappa shape index (κ1) is 29.2. The van der Waals surface area contributed by atoms with Crippen LogP contribution in [0.2, 0.25) is 5.02 Å². The van der Waals surface area contributed by atoms with Crippen LogP contribution in [-0.4, -0.2) is 29.6 Å². The molecule has 0 radical (unpaired) electrons. The van der Waals surface area contributed by atoms with Gasteiger partial charge >= 0.3 is 5.97 Å². The zero-order valence-corrected chi connectivity index (χ0v) is 23.5. The predicted octanol–water partition coefficient (Wildman–Crippen LogP) is 8.10. The summed E-state index contributed by atoms with van der Waals surface area (Å²) in [5, 5.41) is 17.2. The average Bonchev–Trinajstić information content (AvgIpc) is 3.60. The van der Waals surface area contributed by atoms with Gasteiger partial charge in [0.1, 0.15) is 12.0 Å². The van der Waals surface area contributed by atoms with Gasteiger partial charge in [-0.3, -0.25) is 4.79 Å². The van der Waals surface area contributed by atoms with Crippen LogP contribution in [0.15, 0.2) is 22.7 Å². The topological polar surface area (TPSA) is 92.4 Å². The second-order valence-electron chi connectivity index (χ2n) is 11.2. The largest absolute Gasteiger partial charge is 0.481 e. The first-order valence-electron chi connectivity index (χ1n) is 13.8. The number of carboxylic acid groups (broad SMARTS) is 1. The fourth-order valence-corrected chi connectivity index (χ4v) is 5.95. The fourth-order valence-electron chi connectivity index (χ4n) is 5.62. The summed E-state index contributed by atoms with van der Waals surface area (Å²) in [5.74, 6) is 2.59. The summed E-state index contributed by atoms with van der Waals surface area (Å²) >= 11 is 5.87. The first-order valence-corrected chi connectivity index (χ1v) is 14.2. The molecule has 2 aliphatic rings. The number of anilines is 1. The number of hydrogen-bond donors (Lipinski definition) is 2. The van der Waals surface area contributed by atoms with Crippen LogP contribution in [0.3, 0.4) is 0 Å². The number of hydrogen-bond acceptors (Lipinski definition) is 5. The molecule has 37 heavy (non-hydrogen) atoms. The van der Waals surface area contributed by atoms with Gasteiger partial charge in [0, 0.05) is 37.3 Å². The molecule has 2 aliphatic carbocycles. The molecule has 1 aromatic carbocycles. The molecule has 2 fully saturated rings. The highest BCUT2D eigenvalue weighted by Gasteiger charge is 2.38. The van der Waals surface area contributed by atoms with E-state index in [4.69, 9.17) is 21.2 Å². The molecule has 1 aromatic heterocycles. The number of carbonyl (C=O) groups excluding carboxylic acids is 1. The molecule has 2 saturated carbocycles. The van der Waals surface area contributed by atoms with E-state index in [1.165, 1.54) is 30.4 Å². The molecule has 1 unspecified atom stereocenters. The second kappa shape index (κ2) is 14.0. The van der Waals surface area contributed by atoms with Crippen LogP contribution in [0.1, 0.15) is 118 Å². The highest BCUT2D eigenvalue weighted by Crippen LogP contribution is 2.50. The van der Waals surface area contributed by atoms with Gasteiger partial charge in [-0.1, -0.05) is 36.7 Å². The van der Waals surface area contributed by atoms with E-state index >= 15 is 0 Å². The predicted molar refractivity (Wildman–Crippen MR) is 149 cm³/mol. The Hall–Kier alpha value is -2.34. The van der Waals surface area contributed by atoms with E-state index in [-0.39, 0.29) is 12.3 Å². The highest BCUT2D eigenvalue weighted by atomic mass is 35.5. The van der Waals surface area contributed by atoms with Gasteiger partial charge in [-0.25, -0.2) is 0 Å². The van der Waals surface area contributed by atoms with Crippen molar-refractivity contribution in [3.8, 4) is 0 Å². The van der Waals surface area contributed by atoms with Gasteiger partial charge in [-0.15, -0.1) is 0 Å². The molecule has 204 valence electrons. The maximum atomic E-state index is 11.2. The normalized spacial score (nSPS) is 20.2. The van der Waals surface area contributed by atoms with E-state index in [1.807, 2.05) is 32.2 Å². The Balaban J connectivity index is 0.000000319. The fraction of sp³-hybridized carbons (Fsp3) is 0.633. The third-order valence-corrected chi connectivity index (χ3v) is 7.97. The van der Waals surface area contributed by atoms with E-state index in [0.717, 1.165) is 66.0 Å². The van der Waals surface area contributed by atoms with Crippen LogP contribution in [-0.2, 0) is 9.59 Å². The molecule has 0 spiro atoms. The molecule has 7 heteroatoms. The summed E-state index contributed by atoms with van der Waals surface area (Å²) in [5.41, 5.74) is 4.25. The van der Waals surface area contributed by atoms with E-state index in [9.17, 15) is 9.59 Å². The molecule has 2 N–H and O–H groups in total. The molecule has 0 saturated heterocycles. The van der Waals surface area contributed by atoms with E-state index in [0.29, 0.717) is 24.7 Å². The number of benzene rings is 1. The minimum Gasteiger partial charge on any atom is -0.481 e. The van der Waals surface area contributed by atoms with Gasteiger partial charge in [-0.2, -0.15) is 0 Å². The molecular weight excluding hydrogens is 488 g/mol. The average molecular weight is 531 g/mol. The summed E-state index contributed by atoms with van der Waals surface area (Å²) in [6, 6.07) is 5.93. The van der Waals surface area contributed by atoms with Gasteiger partial charge < -0.3 is 19.7 Å². The third-order valence-electron chi connectivity index (χ3n) is 7.66. The molecule has 0 aliphatic heterocycles. The number of aldehydes is 1. The first-order chi connectivity index (χ1) is 17.7. The second-order valence-corrected chi connectivity index (χ2v) is 11.6. The molecule has 0 amide bonds. The van der Waals surface area contributed by atoms with Gasteiger partial charge in [0.2, 0.25) is 0 Å². The lowest BCUT2D eigenvalue weighted by atomic mass is 9.76. The van der Waals surface area contributed by atoms with Crippen molar-refractivity contribution >= 4 is 29.5 Å². The van der Waals surface area contributed by atoms with E-state index in [1.54, 1.807) is 0 Å². The maximum absolute atomic E-state index is 11.2. The van der Waals surface area contributed by atoms with Crippen LogP contribution >= 0.6 is 11.6 Å². The van der Waals surface area contributed by atoms with Gasteiger partial charge in [-0.05, 0) is 93.7 Å². The summed E-state index contributed by atoms with van der Waals surface area (Å²) in [6.45, 7) is 6.61. The van der Waals surface area contributed by atoms with Gasteiger partial charge in [0.25, 0.3) is 0 Å². The van der Waals surface area contributed by atoms with Crippen molar-refractivity contribution in [2.75, 3.05) is 12.4 Å². The zero-order valence-electron chi connectivity index (χ0n) is 22.8. The summed E-state index contributed by atoms with van der Waals surface area (Å²) in [6.07, 6.45) is 10.1. The molecule has 0 bridgehead atoms. The van der Waals surface area contributed by atoms with Crippen LogP contribution in [0, 0.1) is 18.8 Å². The van der Waals surface area contributed by atoms with E-state index in [2.05, 4.69) is 24.3 Å². The van der Waals surface area contributed by atoms with Gasteiger partial charge in [0.05, 0.1) is 16.4 Å². The summed E-state index contributed by atoms with van der Waals surface area (Å²) < 4.78 is 5.87. The number of nitrogens with one attached hydrogen (secondary N) is 1.